The number of hydrogen-bond donors (Lipinski definition) is 2. The lowest BCUT2D eigenvalue weighted by Gasteiger charge is -2.35. The lowest BCUT2D eigenvalue weighted by atomic mass is 10.2. The largest absolute Gasteiger partial charge is 0.353 e. The van der Waals surface area contributed by atoms with Crippen LogP contribution >= 0.6 is 0 Å². The third kappa shape index (κ3) is 4.62. The molecule has 30 heavy (non-hydrogen) atoms. The number of carbonyl (C=O) groups is 1. The summed E-state index contributed by atoms with van der Waals surface area (Å²) in [6.07, 6.45) is 3.21. The van der Waals surface area contributed by atoms with Crippen LogP contribution < -0.4 is 15.5 Å². The fourth-order valence-electron chi connectivity index (χ4n) is 3.17. The summed E-state index contributed by atoms with van der Waals surface area (Å²) in [4.78, 5) is 29.1. The van der Waals surface area contributed by atoms with E-state index in [1.54, 1.807) is 30.2 Å². The number of aryl methyl sites for hydroxylation is 1. The molecule has 0 unspecified atom stereocenters. The third-order valence-electron chi connectivity index (χ3n) is 4.89. The monoisotopic (exact) mass is 407 g/mol. The van der Waals surface area contributed by atoms with Crippen molar-refractivity contribution < 1.29 is 9.18 Å². The van der Waals surface area contributed by atoms with E-state index in [1.165, 1.54) is 12.4 Å². The van der Waals surface area contributed by atoms with E-state index in [1.807, 2.05) is 24.3 Å². The highest BCUT2D eigenvalue weighted by Gasteiger charge is 2.22. The minimum atomic E-state index is -0.337. The Morgan fingerprint density at radius 2 is 1.83 bits per heavy atom. The highest BCUT2D eigenvalue weighted by molar-refractivity contribution is 5.89. The summed E-state index contributed by atoms with van der Waals surface area (Å²) in [6, 6.07) is 11.9. The normalized spacial score (nSPS) is 13.8. The number of piperazine rings is 1. The molecule has 1 aromatic carbocycles. The number of amides is 2. The van der Waals surface area contributed by atoms with Gasteiger partial charge in [0, 0.05) is 44.1 Å². The summed E-state index contributed by atoms with van der Waals surface area (Å²) in [5, 5.41) is 5.91. The number of urea groups is 1. The van der Waals surface area contributed by atoms with Gasteiger partial charge >= 0.3 is 6.03 Å². The van der Waals surface area contributed by atoms with Crippen LogP contribution in [0.15, 0.2) is 55.0 Å². The minimum absolute atomic E-state index is 0.238. The number of nitrogens with one attached hydrogen (secondary N) is 2. The van der Waals surface area contributed by atoms with Crippen molar-refractivity contribution >= 4 is 29.2 Å². The van der Waals surface area contributed by atoms with Gasteiger partial charge in [-0.1, -0.05) is 12.1 Å². The highest BCUT2D eigenvalue weighted by Crippen LogP contribution is 2.19. The molecule has 1 saturated heterocycles. The second kappa shape index (κ2) is 8.73. The Morgan fingerprint density at radius 1 is 1.00 bits per heavy atom. The molecule has 9 heteroatoms. The Morgan fingerprint density at radius 3 is 2.57 bits per heavy atom. The zero-order valence-corrected chi connectivity index (χ0v) is 16.5. The first-order valence-corrected chi connectivity index (χ1v) is 9.65. The fraction of sp³-hybridized carbons (Fsp3) is 0.238. The molecule has 3 heterocycles. The van der Waals surface area contributed by atoms with E-state index >= 15 is 0 Å². The molecule has 0 saturated carbocycles. The summed E-state index contributed by atoms with van der Waals surface area (Å²) >= 11 is 0. The number of hydrogen-bond acceptors (Lipinski definition) is 6. The van der Waals surface area contributed by atoms with Crippen LogP contribution in [0.5, 0.6) is 0 Å². The van der Waals surface area contributed by atoms with Crippen LogP contribution in [0.1, 0.15) is 5.56 Å². The van der Waals surface area contributed by atoms with E-state index < -0.39 is 0 Å². The molecule has 0 bridgehead atoms. The van der Waals surface area contributed by atoms with Gasteiger partial charge in [-0.2, -0.15) is 0 Å². The number of anilines is 4. The Balaban J connectivity index is 1.34. The maximum absolute atomic E-state index is 13.7. The molecular weight excluding hydrogens is 385 g/mol. The Hall–Kier alpha value is -3.75. The van der Waals surface area contributed by atoms with Crippen molar-refractivity contribution in [1.82, 2.24) is 19.9 Å². The second-order valence-electron chi connectivity index (χ2n) is 6.97. The van der Waals surface area contributed by atoms with Crippen molar-refractivity contribution in [3.63, 3.8) is 0 Å². The average Bonchev–Trinajstić information content (AvgIpc) is 2.77. The maximum atomic E-state index is 13.7. The lowest BCUT2D eigenvalue weighted by molar-refractivity contribution is 0.208. The highest BCUT2D eigenvalue weighted by atomic mass is 19.1. The summed E-state index contributed by atoms with van der Waals surface area (Å²) in [5.41, 5.74) is 0.995. The van der Waals surface area contributed by atoms with Crippen molar-refractivity contribution in [3.8, 4) is 0 Å². The summed E-state index contributed by atoms with van der Waals surface area (Å²) in [6.45, 7) is 4.02. The molecule has 1 aliphatic heterocycles. The molecule has 0 atom stereocenters. The van der Waals surface area contributed by atoms with E-state index in [2.05, 4.69) is 30.5 Å². The summed E-state index contributed by atoms with van der Waals surface area (Å²) < 4.78 is 13.7. The van der Waals surface area contributed by atoms with Gasteiger partial charge in [0.2, 0.25) is 0 Å². The minimum Gasteiger partial charge on any atom is -0.353 e. The maximum Gasteiger partial charge on any atom is 0.321 e. The molecule has 8 nitrogen and oxygen atoms in total. The van der Waals surface area contributed by atoms with Crippen LogP contribution in [0.2, 0.25) is 0 Å². The van der Waals surface area contributed by atoms with E-state index in [4.69, 9.17) is 0 Å². The topological polar surface area (TPSA) is 86.3 Å². The molecule has 2 aromatic heterocycles. The van der Waals surface area contributed by atoms with Crippen LogP contribution in [0.25, 0.3) is 0 Å². The number of pyridine rings is 1. The van der Waals surface area contributed by atoms with Crippen LogP contribution in [-0.4, -0.2) is 52.1 Å². The Kier molecular flexibility index (Phi) is 5.69. The SMILES string of the molecule is Cc1ccc(NC(=O)N2CCN(c3cc(Nc4ccccn4)ncn3)CC2)cc1F. The zero-order chi connectivity index (χ0) is 20.9. The van der Waals surface area contributed by atoms with Gasteiger partial charge in [0.05, 0.1) is 0 Å². The van der Waals surface area contributed by atoms with Gasteiger partial charge in [0.1, 0.15) is 29.6 Å². The summed E-state index contributed by atoms with van der Waals surface area (Å²) in [7, 11) is 0. The molecule has 2 N–H and O–H groups in total. The van der Waals surface area contributed by atoms with E-state index in [0.29, 0.717) is 49.1 Å². The first kappa shape index (κ1) is 19.6. The van der Waals surface area contributed by atoms with Crippen LogP contribution in [0.4, 0.5) is 32.3 Å². The molecule has 1 fully saturated rings. The predicted octanol–water partition coefficient (Wildman–Crippen LogP) is 3.42. The smallest absolute Gasteiger partial charge is 0.321 e. The van der Waals surface area contributed by atoms with Crippen molar-refractivity contribution in [1.29, 1.82) is 0 Å². The summed E-state index contributed by atoms with van der Waals surface area (Å²) in [5.74, 6) is 1.80. The van der Waals surface area contributed by atoms with Gasteiger partial charge in [0.25, 0.3) is 0 Å². The first-order chi connectivity index (χ1) is 14.6. The average molecular weight is 407 g/mol. The van der Waals surface area contributed by atoms with Crippen molar-refractivity contribution in [3.05, 3.63) is 66.4 Å². The second-order valence-corrected chi connectivity index (χ2v) is 6.97. The predicted molar refractivity (Wildman–Crippen MR) is 113 cm³/mol. The van der Waals surface area contributed by atoms with E-state index in [9.17, 15) is 9.18 Å². The fourth-order valence-corrected chi connectivity index (χ4v) is 3.17. The molecule has 3 aromatic rings. The van der Waals surface area contributed by atoms with Crippen molar-refractivity contribution in [2.75, 3.05) is 41.7 Å². The van der Waals surface area contributed by atoms with E-state index in [-0.39, 0.29) is 11.8 Å². The first-order valence-electron chi connectivity index (χ1n) is 9.65. The van der Waals surface area contributed by atoms with Crippen LogP contribution in [0.3, 0.4) is 0 Å². The molecule has 2 amide bonds. The number of rotatable bonds is 4. The number of halogens is 1. The Bertz CT molecular complexity index is 1020. The molecule has 0 aliphatic carbocycles. The molecule has 0 radical (unpaired) electrons. The van der Waals surface area contributed by atoms with Gasteiger partial charge in [-0.3, -0.25) is 0 Å². The number of benzene rings is 1. The van der Waals surface area contributed by atoms with Crippen LogP contribution in [0, 0.1) is 12.7 Å². The number of nitrogens with zero attached hydrogens (tertiary/aromatic N) is 5. The molecule has 154 valence electrons. The standard InChI is InChI=1S/C21H22FN7O/c1-15-5-6-16(12-17(15)22)26-21(30)29-10-8-28(9-11-29)20-13-19(24-14-25-20)27-18-4-2-3-7-23-18/h2-7,12-14H,8-11H2,1H3,(H,26,30)(H,23,24,25,27). The molecular formula is C21H22FN7O. The zero-order valence-electron chi connectivity index (χ0n) is 16.5. The van der Waals surface area contributed by atoms with Crippen molar-refractivity contribution in [2.24, 2.45) is 0 Å². The Labute approximate surface area is 173 Å². The number of carbonyl (C=O) groups excluding carboxylic acids is 1. The van der Waals surface area contributed by atoms with Gasteiger partial charge in [0.15, 0.2) is 0 Å². The van der Waals surface area contributed by atoms with Gasteiger partial charge in [-0.25, -0.2) is 24.1 Å². The van der Waals surface area contributed by atoms with Gasteiger partial charge in [-0.05, 0) is 36.8 Å². The lowest BCUT2D eigenvalue weighted by Crippen LogP contribution is -2.50. The molecule has 1 aliphatic rings. The van der Waals surface area contributed by atoms with Gasteiger partial charge in [-0.15, -0.1) is 0 Å². The molecule has 0 spiro atoms. The van der Waals surface area contributed by atoms with Crippen LogP contribution in [-0.2, 0) is 0 Å². The van der Waals surface area contributed by atoms with Gasteiger partial charge < -0.3 is 20.4 Å². The number of aromatic nitrogens is 3. The molecule has 4 rings (SSSR count). The quantitative estimate of drug-likeness (QED) is 0.689. The van der Waals surface area contributed by atoms with Crippen molar-refractivity contribution in [2.45, 2.75) is 6.92 Å². The third-order valence-corrected chi connectivity index (χ3v) is 4.89. The van der Waals surface area contributed by atoms with E-state index in [0.717, 1.165) is 5.82 Å².